The van der Waals surface area contributed by atoms with Crippen molar-refractivity contribution in [2.24, 2.45) is 0 Å². The van der Waals surface area contributed by atoms with E-state index in [9.17, 15) is 0 Å². The van der Waals surface area contributed by atoms with Crippen LogP contribution in [0.2, 0.25) is 0 Å². The van der Waals surface area contributed by atoms with Crippen LogP contribution < -0.4 is 10.2 Å². The average molecular weight is 1700 g/mol. The van der Waals surface area contributed by atoms with Crippen LogP contribution in [0.25, 0.3) is 144 Å². The maximum absolute atomic E-state index is 3.73. The summed E-state index contributed by atoms with van der Waals surface area (Å²) in [7, 11) is 0. The van der Waals surface area contributed by atoms with E-state index in [-0.39, 0.29) is 36.5 Å². The van der Waals surface area contributed by atoms with Crippen molar-refractivity contribution < 1.29 is 0 Å². The van der Waals surface area contributed by atoms with Crippen LogP contribution in [0.1, 0.15) is 115 Å². The summed E-state index contributed by atoms with van der Waals surface area (Å²) in [5.41, 5.74) is 44.4. The molecule has 0 aliphatic heterocycles. The van der Waals surface area contributed by atoms with Crippen LogP contribution in [0.5, 0.6) is 0 Å². The third-order valence-corrected chi connectivity index (χ3v) is 28.2. The Morgan fingerprint density at radius 2 is 0.567 bits per heavy atom. The van der Waals surface area contributed by atoms with Gasteiger partial charge in [0.05, 0.1) is 27.8 Å². The molecule has 18 aromatic carbocycles. The number of nitrogens with zero attached hydrogens (tertiary/aromatic N) is 3. The second-order valence-corrected chi connectivity index (χ2v) is 37.0. The van der Waals surface area contributed by atoms with Gasteiger partial charge in [-0.1, -0.05) is 365 Å². The number of aromatic nitrogens is 2. The molecule has 4 aliphatic carbocycles. The van der Waals surface area contributed by atoms with Gasteiger partial charge in [0, 0.05) is 87.4 Å². The van der Waals surface area contributed by atoms with Crippen molar-refractivity contribution in [3.05, 3.63) is 461 Å². The molecule has 4 nitrogen and oxygen atoms in total. The van der Waals surface area contributed by atoms with Crippen molar-refractivity contribution in [1.29, 1.82) is 0 Å². The number of hydrogen-bond acceptors (Lipinski definition) is 2. The lowest BCUT2D eigenvalue weighted by Gasteiger charge is -2.29. The highest BCUT2D eigenvalue weighted by molar-refractivity contribution is 9.10. The Morgan fingerprint density at radius 1 is 0.220 bits per heavy atom. The van der Waals surface area contributed by atoms with Crippen LogP contribution in [0, 0.1) is 0 Å². The first-order valence-electron chi connectivity index (χ1n) is 43.7. The monoisotopic (exact) mass is 1700 g/mol. The van der Waals surface area contributed by atoms with E-state index in [1.807, 2.05) is 18.2 Å². The summed E-state index contributed by atoms with van der Waals surface area (Å²) in [6, 6.07) is 151. The fourth-order valence-corrected chi connectivity index (χ4v) is 21.7. The van der Waals surface area contributed by atoms with E-state index in [0.29, 0.717) is 0 Å². The van der Waals surface area contributed by atoms with Gasteiger partial charge in [0.1, 0.15) is 0 Å². The van der Waals surface area contributed by atoms with E-state index in [0.717, 1.165) is 32.9 Å². The van der Waals surface area contributed by atoms with Gasteiger partial charge < -0.3 is 19.4 Å². The molecule has 0 radical (unpaired) electrons. The molecule has 4 aliphatic rings. The summed E-state index contributed by atoms with van der Waals surface area (Å²) in [6.07, 6.45) is 0. The first-order valence-corrected chi connectivity index (χ1v) is 44.5. The molecule has 0 bridgehead atoms. The summed E-state index contributed by atoms with van der Waals surface area (Å²) >= 11 is 3.73. The van der Waals surface area contributed by atoms with Crippen LogP contribution >= 0.6 is 15.9 Å². The van der Waals surface area contributed by atoms with E-state index in [4.69, 9.17) is 0 Å². The Labute approximate surface area is 755 Å². The molecule has 0 fully saturated rings. The molecular formula is C122H101BrN4. The molecule has 0 saturated heterocycles. The zero-order valence-corrected chi connectivity index (χ0v) is 73.1. The highest BCUT2D eigenvalue weighted by Gasteiger charge is 2.40. The maximum atomic E-state index is 3.73. The van der Waals surface area contributed by atoms with Gasteiger partial charge in [-0.3, -0.25) is 0 Å². The van der Waals surface area contributed by atoms with E-state index in [1.165, 1.54) is 189 Å². The molecule has 1 N–H and O–H groups in total. The molecule has 0 spiro atoms. The predicted molar refractivity (Wildman–Crippen MR) is 546 cm³/mol. The Kier molecular flexibility index (Phi) is 20.2. The molecule has 2 heterocycles. The average Bonchev–Trinajstić information content (AvgIpc) is 1.64. The molecule has 616 valence electrons. The lowest BCUT2D eigenvalue weighted by molar-refractivity contribution is 0.660. The summed E-state index contributed by atoms with van der Waals surface area (Å²) in [5, 5.41) is 8.54. The lowest BCUT2D eigenvalue weighted by atomic mass is 9.82. The van der Waals surface area contributed by atoms with Crippen LogP contribution in [0.15, 0.2) is 417 Å². The summed E-state index contributed by atoms with van der Waals surface area (Å²) in [5.74, 6) is 0. The highest BCUT2D eigenvalue weighted by atomic mass is 79.9. The van der Waals surface area contributed by atoms with Gasteiger partial charge >= 0.3 is 0 Å². The van der Waals surface area contributed by atoms with Gasteiger partial charge in [0.25, 0.3) is 0 Å². The molecule has 20 aromatic rings. The minimum atomic E-state index is -0.0514. The van der Waals surface area contributed by atoms with Crippen LogP contribution in [0.3, 0.4) is 0 Å². The minimum Gasteiger partial charge on any atom is -0.356 e. The van der Waals surface area contributed by atoms with Crippen molar-refractivity contribution in [2.45, 2.75) is 91.9 Å². The maximum Gasteiger partial charge on any atom is 0.0541 e. The van der Waals surface area contributed by atoms with E-state index in [2.05, 4.69) is 485 Å². The smallest absolute Gasteiger partial charge is 0.0541 e. The SMILES string of the molecule is C.C.CC1(C)c2ccccc2-c2cc(-n3c4ccccc4c4cc(-c5cccc(-c6ccccc6Br)c5)ccc43)ccc21.CC1(C)c2ccccc2-c2cc(N(c3ccccc3)c3ccccc3-c3cccc(-c4ccc5c(c4)c4ccccc4n5-c4ccc5c(c4)-c4ccccc4C5(C)C)c3)ccc21.CC1(C)c2ccccc2-c2cc(Nc3ccccc3)ccc21. The molecular weight excluding hydrogens is 1600 g/mol. The molecule has 2 aromatic heterocycles. The second kappa shape index (κ2) is 31.7. The predicted octanol–water partition coefficient (Wildman–Crippen LogP) is 34.4. The van der Waals surface area contributed by atoms with E-state index >= 15 is 0 Å². The quantitative estimate of drug-likeness (QED) is 0.140. The van der Waals surface area contributed by atoms with Gasteiger partial charge in [-0.05, 0) is 261 Å². The molecule has 127 heavy (non-hydrogen) atoms. The van der Waals surface area contributed by atoms with Crippen LogP contribution in [-0.4, -0.2) is 9.13 Å². The largest absolute Gasteiger partial charge is 0.356 e. The number of para-hydroxylation sites is 5. The number of anilines is 5. The molecule has 24 rings (SSSR count). The number of rotatable bonds is 11. The molecule has 0 saturated carbocycles. The number of halogens is 1. The van der Waals surface area contributed by atoms with E-state index in [1.54, 1.807) is 0 Å². The number of fused-ring (bicyclic) bond motifs is 18. The number of nitrogens with one attached hydrogen (secondary N) is 1. The molecule has 0 unspecified atom stereocenters. The van der Waals surface area contributed by atoms with Crippen molar-refractivity contribution in [2.75, 3.05) is 10.2 Å². The zero-order valence-electron chi connectivity index (χ0n) is 71.5. The Bertz CT molecular complexity index is 7720. The topological polar surface area (TPSA) is 25.1 Å². The summed E-state index contributed by atoms with van der Waals surface area (Å²) in [6.45, 7) is 18.7. The molecule has 0 amide bonds. The first kappa shape index (κ1) is 81.0. The van der Waals surface area contributed by atoms with E-state index < -0.39 is 0 Å². The van der Waals surface area contributed by atoms with Gasteiger partial charge in [-0.25, -0.2) is 0 Å². The van der Waals surface area contributed by atoms with Crippen molar-refractivity contribution >= 4 is 88.0 Å². The fraction of sp³-hybridized carbons (Fsp3) is 0.115. The third kappa shape index (κ3) is 13.5. The van der Waals surface area contributed by atoms with Gasteiger partial charge in [-0.2, -0.15) is 0 Å². The molecule has 5 heteroatoms. The second-order valence-electron chi connectivity index (χ2n) is 36.1. The lowest BCUT2D eigenvalue weighted by Crippen LogP contribution is -2.15. The number of hydrogen-bond donors (Lipinski definition) is 1. The van der Waals surface area contributed by atoms with Crippen LogP contribution in [0.4, 0.5) is 28.4 Å². The number of benzene rings is 18. The first-order chi connectivity index (χ1) is 60.9. The van der Waals surface area contributed by atoms with Gasteiger partial charge in [0.15, 0.2) is 0 Å². The summed E-state index contributed by atoms with van der Waals surface area (Å²) in [4.78, 5) is 2.43. The highest BCUT2D eigenvalue weighted by Crippen LogP contribution is 2.56. The third-order valence-electron chi connectivity index (χ3n) is 27.5. The van der Waals surface area contributed by atoms with Crippen molar-refractivity contribution in [3.8, 4) is 100 Å². The van der Waals surface area contributed by atoms with Crippen molar-refractivity contribution in [1.82, 2.24) is 9.13 Å². The molecule has 0 atom stereocenters. The minimum absolute atomic E-state index is 0. The standard InChI is InChI=1S/C60H46N2.C39H28BrN.C21H19N.2CH4/c1-59(2)52-25-12-8-22-46(52)49-37-43(30-32-54(49)59)61(42-19-6-5-7-20-42)56-27-14-10-21-45(56)41-18-16-17-39(35-41)40-29-34-58-51(36-40)48-24-11-15-28-57(48)62(58)44-31-33-55-50(38-44)47-23-9-13-26-53(47)60(55,3)4;1-39(2)34-15-6-3-13-30(34)32-24-28(19-20-35(32)39)41-37-17-8-5-14-31(37)33-23-26(18-21-38(33)41)25-10-9-11-27(22-25)29-12-4-7-16-36(29)40;1-21(2)19-11-7-6-10-17(19)18-14-16(12-13-20(18)21)22-15-8-4-3-5-9-15;;/h5-38H,1-4H3;3-24H,1-2H3;3-14,22H,1-2H3;2*1H4. The fourth-order valence-electron chi connectivity index (χ4n) is 21.2. The Hall–Kier alpha value is -14.4. The summed E-state index contributed by atoms with van der Waals surface area (Å²) < 4.78 is 5.99. The normalized spacial score (nSPS) is 13.7. The van der Waals surface area contributed by atoms with Crippen LogP contribution in [-0.2, 0) is 21.7 Å². The zero-order chi connectivity index (χ0) is 84.6. The van der Waals surface area contributed by atoms with Gasteiger partial charge in [-0.15, -0.1) is 0 Å². The van der Waals surface area contributed by atoms with Crippen molar-refractivity contribution in [3.63, 3.8) is 0 Å². The Balaban J connectivity index is 0.000000133. The Morgan fingerprint density at radius 3 is 1.05 bits per heavy atom. The van der Waals surface area contributed by atoms with Gasteiger partial charge in [0.2, 0.25) is 0 Å².